The van der Waals surface area contributed by atoms with Crippen LogP contribution < -0.4 is 5.32 Å². The van der Waals surface area contributed by atoms with Crippen molar-refractivity contribution in [2.24, 2.45) is 0 Å². The first kappa shape index (κ1) is 15.3. The molecule has 0 fully saturated rings. The Morgan fingerprint density at radius 1 is 1.24 bits per heavy atom. The molecule has 0 saturated carbocycles. The zero-order valence-electron chi connectivity index (χ0n) is 13.0. The van der Waals surface area contributed by atoms with Gasteiger partial charge in [-0.2, -0.15) is 0 Å². The predicted molar refractivity (Wildman–Crippen MR) is 82.3 cm³/mol. The molecule has 0 aliphatic rings. The summed E-state index contributed by atoms with van der Waals surface area (Å²) in [5, 5.41) is 6.65. The van der Waals surface area contributed by atoms with Crippen LogP contribution in [0.15, 0.2) is 34.9 Å². The van der Waals surface area contributed by atoms with Crippen molar-refractivity contribution in [2.45, 2.75) is 46.1 Å². The van der Waals surface area contributed by atoms with Crippen molar-refractivity contribution in [2.75, 3.05) is 0 Å². The van der Waals surface area contributed by atoms with Crippen LogP contribution in [0.3, 0.4) is 0 Å². The molecule has 1 N–H and O–H groups in total. The van der Waals surface area contributed by atoms with E-state index in [1.165, 1.54) is 5.56 Å². The Hall–Kier alpha value is -2.10. The summed E-state index contributed by atoms with van der Waals surface area (Å²) < 4.78 is 4.92. The number of carbonyl (C=O) groups excluding carboxylic acids is 1. The minimum atomic E-state index is -0.217. The van der Waals surface area contributed by atoms with Gasteiger partial charge in [0.25, 0.3) is 5.91 Å². The lowest BCUT2D eigenvalue weighted by Gasteiger charge is -2.15. The lowest BCUT2D eigenvalue weighted by atomic mass is 9.96. The fourth-order valence-corrected chi connectivity index (χ4v) is 2.18. The van der Waals surface area contributed by atoms with Crippen LogP contribution in [-0.4, -0.2) is 11.1 Å². The zero-order chi connectivity index (χ0) is 15.4. The molecular formula is C17H22N2O2. The summed E-state index contributed by atoms with van der Waals surface area (Å²) >= 11 is 0. The fraction of sp³-hybridized carbons (Fsp3) is 0.412. The Kier molecular flexibility index (Phi) is 4.78. The Morgan fingerprint density at radius 2 is 1.86 bits per heavy atom. The van der Waals surface area contributed by atoms with E-state index in [1.807, 2.05) is 6.92 Å². The average Bonchev–Trinajstić information content (AvgIpc) is 2.93. The van der Waals surface area contributed by atoms with Crippen LogP contribution in [-0.2, 0) is 0 Å². The summed E-state index contributed by atoms with van der Waals surface area (Å²) in [5.41, 5.74) is 2.72. The van der Waals surface area contributed by atoms with E-state index in [0.717, 1.165) is 12.0 Å². The molecule has 0 saturated heterocycles. The first-order chi connectivity index (χ1) is 10.0. The van der Waals surface area contributed by atoms with Crippen LogP contribution in [0, 0.1) is 6.92 Å². The number of hydrogen-bond acceptors (Lipinski definition) is 3. The minimum absolute atomic E-state index is 0.0690. The van der Waals surface area contributed by atoms with Crippen LogP contribution >= 0.6 is 0 Å². The van der Waals surface area contributed by atoms with Crippen LogP contribution in [0.5, 0.6) is 0 Å². The highest BCUT2D eigenvalue weighted by Gasteiger charge is 2.15. The van der Waals surface area contributed by atoms with Gasteiger partial charge in [0.05, 0.1) is 6.04 Å². The second-order valence-electron chi connectivity index (χ2n) is 5.49. The van der Waals surface area contributed by atoms with Crippen molar-refractivity contribution in [3.63, 3.8) is 0 Å². The maximum Gasteiger partial charge on any atom is 0.273 e. The van der Waals surface area contributed by atoms with Crippen LogP contribution in [0.2, 0.25) is 0 Å². The Morgan fingerprint density at radius 3 is 2.38 bits per heavy atom. The van der Waals surface area contributed by atoms with Gasteiger partial charge in [0.1, 0.15) is 5.76 Å². The molecule has 0 aliphatic heterocycles. The maximum absolute atomic E-state index is 12.0. The number of hydrogen-bond donors (Lipinski definition) is 1. The average molecular weight is 286 g/mol. The molecule has 2 atom stereocenters. The van der Waals surface area contributed by atoms with Gasteiger partial charge in [0, 0.05) is 6.07 Å². The number of nitrogens with zero attached hydrogens (tertiary/aromatic N) is 1. The number of benzene rings is 1. The molecular weight excluding hydrogens is 264 g/mol. The van der Waals surface area contributed by atoms with E-state index >= 15 is 0 Å². The summed E-state index contributed by atoms with van der Waals surface area (Å²) in [4.78, 5) is 12.0. The van der Waals surface area contributed by atoms with Crippen LogP contribution in [0.4, 0.5) is 0 Å². The fourth-order valence-electron chi connectivity index (χ4n) is 2.18. The van der Waals surface area contributed by atoms with E-state index in [1.54, 1.807) is 13.0 Å². The molecule has 4 nitrogen and oxygen atoms in total. The number of aromatic nitrogens is 1. The van der Waals surface area contributed by atoms with E-state index in [9.17, 15) is 4.79 Å². The lowest BCUT2D eigenvalue weighted by molar-refractivity contribution is 0.0930. The molecule has 112 valence electrons. The third kappa shape index (κ3) is 3.72. The number of amides is 1. The summed E-state index contributed by atoms with van der Waals surface area (Å²) in [6.45, 7) is 8.12. The van der Waals surface area contributed by atoms with E-state index in [-0.39, 0.29) is 11.9 Å². The van der Waals surface area contributed by atoms with E-state index in [2.05, 4.69) is 48.6 Å². The standard InChI is InChI=1S/C17H22N2O2/c1-5-11(2)14-6-8-15(9-7-14)13(4)18-17(20)16-10-12(3)21-19-16/h6-11,13H,5H2,1-4H3,(H,18,20). The normalized spacial score (nSPS) is 13.7. The van der Waals surface area contributed by atoms with Gasteiger partial charge in [-0.15, -0.1) is 0 Å². The second-order valence-corrected chi connectivity index (χ2v) is 5.49. The third-order valence-corrected chi connectivity index (χ3v) is 3.83. The van der Waals surface area contributed by atoms with Crippen molar-refractivity contribution in [3.05, 3.63) is 52.9 Å². The van der Waals surface area contributed by atoms with Gasteiger partial charge in [-0.1, -0.05) is 43.3 Å². The molecule has 0 radical (unpaired) electrons. The quantitative estimate of drug-likeness (QED) is 0.904. The van der Waals surface area contributed by atoms with Crippen molar-refractivity contribution in [1.29, 1.82) is 0 Å². The first-order valence-electron chi connectivity index (χ1n) is 7.35. The Balaban J connectivity index is 2.03. The third-order valence-electron chi connectivity index (χ3n) is 3.83. The SMILES string of the molecule is CCC(C)c1ccc(C(C)NC(=O)c2cc(C)on2)cc1. The summed E-state index contributed by atoms with van der Waals surface area (Å²) in [5.74, 6) is 0.970. The molecule has 21 heavy (non-hydrogen) atoms. The number of rotatable bonds is 5. The number of aryl methyl sites for hydroxylation is 1. The molecule has 1 aromatic carbocycles. The molecule has 0 spiro atoms. The summed E-state index contributed by atoms with van der Waals surface area (Å²) in [6.07, 6.45) is 1.12. The Labute approximate surface area is 125 Å². The molecule has 2 aromatic rings. The number of carbonyl (C=O) groups is 1. The predicted octanol–water partition coefficient (Wildman–Crippen LogP) is 3.99. The van der Waals surface area contributed by atoms with Gasteiger partial charge in [-0.3, -0.25) is 4.79 Å². The minimum Gasteiger partial charge on any atom is -0.361 e. The molecule has 2 rings (SSSR count). The van der Waals surface area contributed by atoms with Gasteiger partial charge in [-0.25, -0.2) is 0 Å². The zero-order valence-corrected chi connectivity index (χ0v) is 13.0. The molecule has 1 amide bonds. The van der Waals surface area contributed by atoms with Crippen molar-refractivity contribution >= 4 is 5.91 Å². The smallest absolute Gasteiger partial charge is 0.273 e. The maximum atomic E-state index is 12.0. The molecule has 2 unspecified atom stereocenters. The Bertz CT molecular complexity index is 602. The second kappa shape index (κ2) is 6.57. The van der Waals surface area contributed by atoms with Crippen molar-refractivity contribution < 1.29 is 9.32 Å². The monoisotopic (exact) mass is 286 g/mol. The largest absolute Gasteiger partial charge is 0.361 e. The first-order valence-corrected chi connectivity index (χ1v) is 7.35. The lowest BCUT2D eigenvalue weighted by Crippen LogP contribution is -2.26. The van der Waals surface area contributed by atoms with Gasteiger partial charge < -0.3 is 9.84 Å². The highest BCUT2D eigenvalue weighted by Crippen LogP contribution is 2.21. The summed E-state index contributed by atoms with van der Waals surface area (Å²) in [7, 11) is 0. The van der Waals surface area contributed by atoms with Crippen molar-refractivity contribution in [1.82, 2.24) is 10.5 Å². The molecule has 1 aromatic heterocycles. The number of nitrogens with one attached hydrogen (secondary N) is 1. The van der Waals surface area contributed by atoms with Crippen LogP contribution in [0.1, 0.15) is 66.5 Å². The molecule has 0 bridgehead atoms. The van der Waals surface area contributed by atoms with Gasteiger partial charge >= 0.3 is 0 Å². The van der Waals surface area contributed by atoms with Gasteiger partial charge in [0.15, 0.2) is 5.69 Å². The van der Waals surface area contributed by atoms with Crippen molar-refractivity contribution in [3.8, 4) is 0 Å². The summed E-state index contributed by atoms with van der Waals surface area (Å²) in [6, 6.07) is 9.97. The van der Waals surface area contributed by atoms with E-state index in [4.69, 9.17) is 4.52 Å². The van der Waals surface area contributed by atoms with E-state index < -0.39 is 0 Å². The van der Waals surface area contributed by atoms with E-state index in [0.29, 0.717) is 17.4 Å². The highest BCUT2D eigenvalue weighted by atomic mass is 16.5. The van der Waals surface area contributed by atoms with Crippen LogP contribution in [0.25, 0.3) is 0 Å². The van der Waals surface area contributed by atoms with Gasteiger partial charge in [-0.05, 0) is 37.3 Å². The molecule has 1 heterocycles. The topological polar surface area (TPSA) is 55.1 Å². The molecule has 4 heteroatoms. The highest BCUT2D eigenvalue weighted by molar-refractivity contribution is 5.92. The van der Waals surface area contributed by atoms with Gasteiger partial charge in [0.2, 0.25) is 0 Å². The molecule has 0 aliphatic carbocycles.